The molecule has 2 heterocycles. The molecule has 37 heavy (non-hydrogen) atoms. The Bertz CT molecular complexity index is 1060. The van der Waals surface area contributed by atoms with Crippen LogP contribution in [0.5, 0.6) is 0 Å². The van der Waals surface area contributed by atoms with Crippen molar-refractivity contribution in [2.75, 3.05) is 58.9 Å². The number of nitrogens with zero attached hydrogens (tertiary/aromatic N) is 4. The molecule has 0 bridgehead atoms. The molecule has 204 valence electrons. The van der Waals surface area contributed by atoms with Crippen LogP contribution in [0.25, 0.3) is 11.3 Å². The number of hydrogen-bond donors (Lipinski definition) is 1. The van der Waals surface area contributed by atoms with Crippen molar-refractivity contribution in [2.45, 2.75) is 45.3 Å². The zero-order chi connectivity index (χ0) is 26.9. The van der Waals surface area contributed by atoms with Crippen LogP contribution in [0.1, 0.15) is 31.7 Å². The number of rotatable bonds is 12. The van der Waals surface area contributed by atoms with Crippen molar-refractivity contribution in [3.8, 4) is 11.3 Å². The van der Waals surface area contributed by atoms with E-state index in [9.17, 15) is 9.18 Å². The van der Waals surface area contributed by atoms with E-state index in [1.807, 2.05) is 38.9 Å². The number of halogens is 3. The van der Waals surface area contributed by atoms with Gasteiger partial charge >= 0.3 is 6.09 Å². The zero-order valence-corrected chi connectivity index (χ0v) is 23.4. The number of likely N-dealkylation sites (tertiary alicyclic amines) is 1. The van der Waals surface area contributed by atoms with Crippen molar-refractivity contribution in [3.05, 3.63) is 39.6 Å². The molecule has 1 fully saturated rings. The van der Waals surface area contributed by atoms with E-state index < -0.39 is 12.8 Å². The normalized spacial score (nSPS) is 17.5. The number of carbonyl (C=O) groups is 1. The first-order valence-corrected chi connectivity index (χ1v) is 13.4. The van der Waals surface area contributed by atoms with Gasteiger partial charge in [-0.25, -0.2) is 14.8 Å². The summed E-state index contributed by atoms with van der Waals surface area (Å²) < 4.78 is 24.1. The molecule has 0 unspecified atom stereocenters. The molecule has 3 rings (SSSR count). The maximum atomic E-state index is 12.7. The van der Waals surface area contributed by atoms with Crippen LogP contribution in [-0.4, -0.2) is 91.6 Å². The minimum atomic E-state index is -0.457. The van der Waals surface area contributed by atoms with Crippen LogP contribution in [0.4, 0.5) is 15.0 Å². The number of aryl methyl sites for hydroxylation is 2. The summed E-state index contributed by atoms with van der Waals surface area (Å²) in [7, 11) is 3.84. The Labute approximate surface area is 228 Å². The topological polar surface area (TPSA) is 79.8 Å². The van der Waals surface area contributed by atoms with Crippen molar-refractivity contribution >= 4 is 35.1 Å². The Balaban J connectivity index is 1.84. The SMILES string of the molecule is CCc1nc(-c2ccc(Cl)cc2Cl)c(CC)nc1N[C@@H]1CN(C(=O)OCCN(C)C)C[C@@H]1OCCCF. The monoisotopic (exact) mass is 555 g/mol. The molecule has 11 heteroatoms. The van der Waals surface area contributed by atoms with Gasteiger partial charge < -0.3 is 24.6 Å². The first kappa shape index (κ1) is 29.4. The standard InChI is InChI=1S/C26H36Cl2FN5O3/c1-5-20-24(18-9-8-17(27)14-19(18)28)30-21(6-2)25(31-20)32-22-15-34(16-23(22)36-12-7-10-29)26(35)37-13-11-33(3)4/h8-9,14,22-23H,5-7,10-13,15-16H2,1-4H3,(H,31,32)/t22-,23+/m1/s1. The lowest BCUT2D eigenvalue weighted by Gasteiger charge is -2.22. The van der Waals surface area contributed by atoms with Crippen LogP contribution in [0, 0.1) is 0 Å². The van der Waals surface area contributed by atoms with Crippen LogP contribution in [0.15, 0.2) is 18.2 Å². The van der Waals surface area contributed by atoms with Crippen molar-refractivity contribution in [1.82, 2.24) is 19.8 Å². The van der Waals surface area contributed by atoms with E-state index in [4.69, 9.17) is 42.6 Å². The number of likely N-dealkylation sites (N-methyl/N-ethyl adjacent to an activating group) is 1. The summed E-state index contributed by atoms with van der Waals surface area (Å²) in [5.74, 6) is 0.639. The fourth-order valence-electron chi connectivity index (χ4n) is 4.11. The second-order valence-electron chi connectivity index (χ2n) is 9.17. The molecule has 1 aromatic carbocycles. The van der Waals surface area contributed by atoms with Crippen molar-refractivity contribution < 1.29 is 18.7 Å². The molecule has 8 nitrogen and oxygen atoms in total. The molecule has 1 saturated heterocycles. The molecular formula is C26H36Cl2FN5O3. The first-order chi connectivity index (χ1) is 17.8. The number of carbonyl (C=O) groups excluding carboxylic acids is 1. The lowest BCUT2D eigenvalue weighted by atomic mass is 10.1. The largest absolute Gasteiger partial charge is 0.448 e. The van der Waals surface area contributed by atoms with Gasteiger partial charge in [-0.3, -0.25) is 4.39 Å². The Hall–Kier alpha value is -2.20. The minimum absolute atomic E-state index is 0.254. The Kier molecular flexibility index (Phi) is 11.2. The van der Waals surface area contributed by atoms with Gasteiger partial charge in [-0.15, -0.1) is 0 Å². The summed E-state index contributed by atoms with van der Waals surface area (Å²) in [6.45, 7) is 5.48. The number of alkyl halides is 1. The average molecular weight is 557 g/mol. The van der Waals surface area contributed by atoms with Gasteiger partial charge in [0.1, 0.15) is 12.4 Å². The minimum Gasteiger partial charge on any atom is -0.448 e. The summed E-state index contributed by atoms with van der Waals surface area (Å²) in [4.78, 5) is 26.1. The Morgan fingerprint density at radius 3 is 2.57 bits per heavy atom. The molecule has 2 aromatic rings. The fraction of sp³-hybridized carbons (Fsp3) is 0.577. The maximum absolute atomic E-state index is 12.7. The second-order valence-corrected chi connectivity index (χ2v) is 10.0. The maximum Gasteiger partial charge on any atom is 0.409 e. The highest BCUT2D eigenvalue weighted by molar-refractivity contribution is 6.36. The smallest absolute Gasteiger partial charge is 0.409 e. The predicted molar refractivity (Wildman–Crippen MR) is 145 cm³/mol. The number of ether oxygens (including phenoxy) is 2. The zero-order valence-electron chi connectivity index (χ0n) is 21.9. The van der Waals surface area contributed by atoms with Crippen molar-refractivity contribution in [3.63, 3.8) is 0 Å². The first-order valence-electron chi connectivity index (χ1n) is 12.6. The van der Waals surface area contributed by atoms with Gasteiger partial charge in [-0.1, -0.05) is 37.0 Å². The number of anilines is 1. The van der Waals surface area contributed by atoms with E-state index in [1.54, 1.807) is 17.0 Å². The number of nitrogens with one attached hydrogen (secondary N) is 1. The quantitative estimate of drug-likeness (QED) is 0.364. The van der Waals surface area contributed by atoms with Crippen molar-refractivity contribution in [1.29, 1.82) is 0 Å². The van der Waals surface area contributed by atoms with Crippen LogP contribution in [0.2, 0.25) is 10.0 Å². The summed E-state index contributed by atoms with van der Waals surface area (Å²) in [5.41, 5.74) is 3.06. The van der Waals surface area contributed by atoms with Gasteiger partial charge in [0.2, 0.25) is 0 Å². The molecule has 0 radical (unpaired) electrons. The third-order valence-corrected chi connectivity index (χ3v) is 6.66. The highest BCUT2D eigenvalue weighted by atomic mass is 35.5. The molecule has 1 aromatic heterocycles. The number of hydrogen-bond acceptors (Lipinski definition) is 7. The van der Waals surface area contributed by atoms with Gasteiger partial charge in [0.25, 0.3) is 0 Å². The molecule has 0 spiro atoms. The lowest BCUT2D eigenvalue weighted by molar-refractivity contribution is 0.0464. The summed E-state index contributed by atoms with van der Waals surface area (Å²) in [6, 6.07) is 5.08. The van der Waals surface area contributed by atoms with E-state index in [-0.39, 0.29) is 18.8 Å². The number of aromatic nitrogens is 2. The van der Waals surface area contributed by atoms with Gasteiger partial charge in [0.05, 0.1) is 47.5 Å². The molecule has 0 aliphatic carbocycles. The summed E-state index contributed by atoms with van der Waals surface area (Å²) >= 11 is 12.6. The van der Waals surface area contributed by atoms with Crippen molar-refractivity contribution in [2.24, 2.45) is 0 Å². The Morgan fingerprint density at radius 1 is 1.16 bits per heavy atom. The average Bonchev–Trinajstić information content (AvgIpc) is 3.26. The van der Waals surface area contributed by atoms with E-state index in [0.29, 0.717) is 61.4 Å². The van der Waals surface area contributed by atoms with E-state index >= 15 is 0 Å². The predicted octanol–water partition coefficient (Wildman–Crippen LogP) is 5.11. The molecule has 1 aliphatic rings. The molecule has 1 aliphatic heterocycles. The fourth-order valence-corrected chi connectivity index (χ4v) is 4.61. The molecule has 1 amide bonds. The second kappa shape index (κ2) is 14.1. The Morgan fingerprint density at radius 2 is 1.92 bits per heavy atom. The van der Waals surface area contributed by atoms with Gasteiger partial charge in [0, 0.05) is 30.3 Å². The molecule has 0 saturated carbocycles. The van der Waals surface area contributed by atoms with Crippen LogP contribution < -0.4 is 5.32 Å². The van der Waals surface area contributed by atoms with E-state index in [1.165, 1.54) is 0 Å². The van der Waals surface area contributed by atoms with E-state index in [2.05, 4.69) is 5.32 Å². The molecular weight excluding hydrogens is 520 g/mol. The van der Waals surface area contributed by atoms with E-state index in [0.717, 1.165) is 22.6 Å². The molecule has 2 atom stereocenters. The third-order valence-electron chi connectivity index (χ3n) is 6.12. The highest BCUT2D eigenvalue weighted by Crippen LogP contribution is 2.33. The van der Waals surface area contributed by atoms with Gasteiger partial charge in [-0.2, -0.15) is 0 Å². The number of benzene rings is 1. The van der Waals surface area contributed by atoms with Gasteiger partial charge in [-0.05, 0) is 51.6 Å². The summed E-state index contributed by atoms with van der Waals surface area (Å²) in [5, 5.41) is 4.54. The van der Waals surface area contributed by atoms with Crippen LogP contribution >= 0.6 is 23.2 Å². The van der Waals surface area contributed by atoms with Crippen LogP contribution in [-0.2, 0) is 22.3 Å². The van der Waals surface area contributed by atoms with Crippen LogP contribution in [0.3, 0.4) is 0 Å². The molecule has 1 N–H and O–H groups in total. The lowest BCUT2D eigenvalue weighted by Crippen LogP contribution is -2.36. The summed E-state index contributed by atoms with van der Waals surface area (Å²) in [6.07, 6.45) is 0.843. The number of amides is 1. The van der Waals surface area contributed by atoms with Gasteiger partial charge in [0.15, 0.2) is 0 Å². The highest BCUT2D eigenvalue weighted by Gasteiger charge is 2.37. The third kappa shape index (κ3) is 7.89.